The maximum Gasteiger partial charge on any atom is 0.416 e. The lowest BCUT2D eigenvalue weighted by atomic mass is 10.1. The molecule has 9 heteroatoms. The van der Waals surface area contributed by atoms with Crippen molar-refractivity contribution in [1.82, 2.24) is 4.90 Å². The number of nitrogens with zero attached hydrogens (tertiary/aromatic N) is 2. The van der Waals surface area contributed by atoms with Crippen LogP contribution in [0.25, 0.3) is 0 Å². The number of carbonyl (C=O) groups is 2. The standard InChI is InChI=1S/C13H13F3N2O4/c14-13(15,16)8-1-3-9(4-2-8)18-6-5-17(12(21)22)7-10(18)11(19)20/h1-4,10H,5-7H2,(H,19,20)(H,21,22). The third kappa shape index (κ3) is 3.23. The van der Waals surface area contributed by atoms with Crippen LogP contribution in [0.4, 0.5) is 23.7 Å². The van der Waals surface area contributed by atoms with Crippen molar-refractivity contribution in [2.75, 3.05) is 24.5 Å². The summed E-state index contributed by atoms with van der Waals surface area (Å²) in [5.41, 5.74) is -0.516. The minimum absolute atomic E-state index is 0.0835. The molecule has 0 aliphatic carbocycles. The molecule has 0 spiro atoms. The molecular formula is C13H13F3N2O4. The zero-order valence-electron chi connectivity index (χ0n) is 11.2. The minimum Gasteiger partial charge on any atom is -0.480 e. The van der Waals surface area contributed by atoms with Gasteiger partial charge in [0.05, 0.1) is 12.1 Å². The Morgan fingerprint density at radius 2 is 1.68 bits per heavy atom. The van der Waals surface area contributed by atoms with E-state index in [-0.39, 0.29) is 19.6 Å². The quantitative estimate of drug-likeness (QED) is 0.871. The highest BCUT2D eigenvalue weighted by atomic mass is 19.4. The second-order valence-electron chi connectivity index (χ2n) is 4.82. The Balaban J connectivity index is 2.23. The molecule has 0 radical (unpaired) electrons. The van der Waals surface area contributed by atoms with E-state index in [4.69, 9.17) is 5.11 Å². The fourth-order valence-corrected chi connectivity index (χ4v) is 2.32. The van der Waals surface area contributed by atoms with Crippen LogP contribution >= 0.6 is 0 Å². The predicted molar refractivity (Wildman–Crippen MR) is 69.8 cm³/mol. The van der Waals surface area contributed by atoms with Crippen LogP contribution in [-0.2, 0) is 11.0 Å². The van der Waals surface area contributed by atoms with Gasteiger partial charge in [-0.15, -0.1) is 0 Å². The summed E-state index contributed by atoms with van der Waals surface area (Å²) in [6.45, 7) is -0.0690. The maximum absolute atomic E-state index is 12.5. The number of anilines is 1. The Kier molecular flexibility index (Phi) is 4.16. The average molecular weight is 318 g/mol. The molecule has 22 heavy (non-hydrogen) atoms. The number of hydrogen-bond donors (Lipinski definition) is 2. The molecule has 0 saturated carbocycles. The lowest BCUT2D eigenvalue weighted by Gasteiger charge is -2.39. The van der Waals surface area contributed by atoms with Gasteiger partial charge in [-0.05, 0) is 24.3 Å². The summed E-state index contributed by atoms with van der Waals surface area (Å²) in [4.78, 5) is 24.6. The maximum atomic E-state index is 12.5. The summed E-state index contributed by atoms with van der Waals surface area (Å²) in [5.74, 6) is -1.23. The van der Waals surface area contributed by atoms with Crippen LogP contribution in [0, 0.1) is 0 Å². The molecule has 6 nitrogen and oxygen atoms in total. The SMILES string of the molecule is O=C(O)C1CN(C(=O)O)CCN1c1ccc(C(F)(F)F)cc1. The van der Waals surface area contributed by atoms with E-state index >= 15 is 0 Å². The molecule has 1 saturated heterocycles. The lowest BCUT2D eigenvalue weighted by Crippen LogP contribution is -2.57. The molecule has 1 aliphatic rings. The van der Waals surface area contributed by atoms with E-state index in [2.05, 4.69) is 0 Å². The Bertz CT molecular complexity index is 574. The van der Waals surface area contributed by atoms with Gasteiger partial charge in [0, 0.05) is 18.8 Å². The van der Waals surface area contributed by atoms with Crippen LogP contribution in [0.2, 0.25) is 0 Å². The molecule has 2 N–H and O–H groups in total. The summed E-state index contributed by atoms with van der Waals surface area (Å²) < 4.78 is 37.6. The first-order valence-electron chi connectivity index (χ1n) is 6.34. The summed E-state index contributed by atoms with van der Waals surface area (Å²) in [6, 6.07) is 2.99. The number of aliphatic carboxylic acids is 1. The van der Waals surface area contributed by atoms with Crippen molar-refractivity contribution in [2.45, 2.75) is 12.2 Å². The van der Waals surface area contributed by atoms with Gasteiger partial charge in [0.1, 0.15) is 6.04 Å². The van der Waals surface area contributed by atoms with Crippen LogP contribution < -0.4 is 4.90 Å². The van der Waals surface area contributed by atoms with E-state index in [0.717, 1.165) is 17.0 Å². The first kappa shape index (κ1) is 15.9. The number of alkyl halides is 3. The van der Waals surface area contributed by atoms with Gasteiger partial charge in [0.2, 0.25) is 0 Å². The molecule has 2 rings (SSSR count). The van der Waals surface area contributed by atoms with E-state index in [1.165, 1.54) is 17.0 Å². The highest BCUT2D eigenvalue weighted by molar-refractivity contribution is 5.80. The zero-order chi connectivity index (χ0) is 16.5. The molecule has 1 fully saturated rings. The first-order valence-corrected chi connectivity index (χ1v) is 6.34. The van der Waals surface area contributed by atoms with Gasteiger partial charge in [0.15, 0.2) is 0 Å². The van der Waals surface area contributed by atoms with E-state index < -0.39 is 29.8 Å². The van der Waals surface area contributed by atoms with Crippen LogP contribution in [0.3, 0.4) is 0 Å². The molecule has 1 aliphatic heterocycles. The molecule has 1 aromatic rings. The Morgan fingerprint density at radius 3 is 2.14 bits per heavy atom. The zero-order valence-corrected chi connectivity index (χ0v) is 11.2. The molecule has 0 aromatic heterocycles. The molecule has 1 atom stereocenters. The first-order chi connectivity index (χ1) is 10.2. The van der Waals surface area contributed by atoms with Gasteiger partial charge >= 0.3 is 18.2 Å². The van der Waals surface area contributed by atoms with Crippen molar-refractivity contribution in [3.05, 3.63) is 29.8 Å². The van der Waals surface area contributed by atoms with Crippen LogP contribution in [0.15, 0.2) is 24.3 Å². The lowest BCUT2D eigenvalue weighted by molar-refractivity contribution is -0.139. The second-order valence-corrected chi connectivity index (χ2v) is 4.82. The Morgan fingerprint density at radius 1 is 1.09 bits per heavy atom. The molecule has 0 bridgehead atoms. The van der Waals surface area contributed by atoms with Gasteiger partial charge in [-0.2, -0.15) is 13.2 Å². The van der Waals surface area contributed by atoms with Crippen LogP contribution in [-0.4, -0.2) is 52.9 Å². The van der Waals surface area contributed by atoms with E-state index in [1.807, 2.05) is 0 Å². The third-order valence-corrected chi connectivity index (χ3v) is 3.46. The molecule has 1 aromatic carbocycles. The molecule has 1 unspecified atom stereocenters. The predicted octanol–water partition coefficient (Wildman–Crippen LogP) is 1.96. The number of rotatable bonds is 2. The van der Waals surface area contributed by atoms with Crippen molar-refractivity contribution in [3.8, 4) is 0 Å². The van der Waals surface area contributed by atoms with E-state index in [1.54, 1.807) is 0 Å². The van der Waals surface area contributed by atoms with Crippen LogP contribution in [0.5, 0.6) is 0 Å². The number of amides is 1. The molecule has 1 amide bonds. The van der Waals surface area contributed by atoms with Crippen LogP contribution in [0.1, 0.15) is 5.56 Å². The number of piperazine rings is 1. The monoisotopic (exact) mass is 318 g/mol. The summed E-state index contributed by atoms with van der Waals surface area (Å²) in [5, 5.41) is 18.1. The number of halogens is 3. The van der Waals surface area contributed by atoms with Crippen molar-refractivity contribution in [1.29, 1.82) is 0 Å². The van der Waals surface area contributed by atoms with Gasteiger partial charge < -0.3 is 20.0 Å². The smallest absolute Gasteiger partial charge is 0.416 e. The number of carboxylic acid groups (broad SMARTS) is 2. The normalized spacial score (nSPS) is 19.1. The van der Waals surface area contributed by atoms with Gasteiger partial charge in [0.25, 0.3) is 0 Å². The summed E-state index contributed by atoms with van der Waals surface area (Å²) >= 11 is 0. The van der Waals surface area contributed by atoms with Crippen molar-refractivity contribution in [2.24, 2.45) is 0 Å². The fraction of sp³-hybridized carbons (Fsp3) is 0.385. The number of carboxylic acids is 1. The average Bonchev–Trinajstić information content (AvgIpc) is 2.45. The van der Waals surface area contributed by atoms with Crippen molar-refractivity contribution in [3.63, 3.8) is 0 Å². The highest BCUT2D eigenvalue weighted by Crippen LogP contribution is 2.31. The largest absolute Gasteiger partial charge is 0.480 e. The van der Waals surface area contributed by atoms with Gasteiger partial charge in [-0.3, -0.25) is 0 Å². The fourth-order valence-electron chi connectivity index (χ4n) is 2.32. The van der Waals surface area contributed by atoms with Gasteiger partial charge in [-0.25, -0.2) is 9.59 Å². The second kappa shape index (κ2) is 5.74. The molecule has 1 heterocycles. The molecule has 120 valence electrons. The number of hydrogen-bond acceptors (Lipinski definition) is 3. The Labute approximate surface area is 123 Å². The van der Waals surface area contributed by atoms with E-state index in [9.17, 15) is 27.9 Å². The Hall–Kier alpha value is -2.45. The summed E-state index contributed by atoms with van der Waals surface area (Å²) in [6.07, 6.45) is -5.69. The van der Waals surface area contributed by atoms with E-state index in [0.29, 0.717) is 5.69 Å². The van der Waals surface area contributed by atoms with Gasteiger partial charge in [-0.1, -0.05) is 0 Å². The molecular weight excluding hydrogens is 305 g/mol. The number of benzene rings is 1. The summed E-state index contributed by atoms with van der Waals surface area (Å²) in [7, 11) is 0. The third-order valence-electron chi connectivity index (χ3n) is 3.46. The van der Waals surface area contributed by atoms with Crippen molar-refractivity contribution < 1.29 is 33.0 Å². The van der Waals surface area contributed by atoms with Crippen molar-refractivity contribution >= 4 is 17.7 Å². The highest BCUT2D eigenvalue weighted by Gasteiger charge is 2.35. The topological polar surface area (TPSA) is 81.1 Å². The minimum atomic E-state index is -4.47.